The molecule has 0 radical (unpaired) electrons. The molecule has 0 saturated carbocycles. The van der Waals surface area contributed by atoms with Gasteiger partial charge in [-0.05, 0) is 76.9 Å². The molecule has 0 amide bonds. The highest BCUT2D eigenvalue weighted by Crippen LogP contribution is 2.25. The average Bonchev–Trinajstić information content (AvgIpc) is 2.48. The van der Waals surface area contributed by atoms with Crippen LogP contribution in [0.2, 0.25) is 0 Å². The van der Waals surface area contributed by atoms with Crippen LogP contribution in [0.1, 0.15) is 80.1 Å². The fourth-order valence-corrected chi connectivity index (χ4v) is 2.84. The number of carbonyl (C=O) groups is 1. The van der Waals surface area contributed by atoms with Gasteiger partial charge in [0.1, 0.15) is 5.76 Å². The number of esters is 1. The average molecular weight is 331 g/mol. The first-order chi connectivity index (χ1) is 11.3. The van der Waals surface area contributed by atoms with Crippen LogP contribution in [0, 0.1) is 5.92 Å². The van der Waals surface area contributed by atoms with E-state index >= 15 is 0 Å². The summed E-state index contributed by atoms with van der Waals surface area (Å²) in [5.41, 5.74) is 5.39. The van der Waals surface area contributed by atoms with Crippen molar-refractivity contribution in [3.8, 4) is 0 Å². The van der Waals surface area contributed by atoms with Crippen LogP contribution in [0.3, 0.4) is 0 Å². The summed E-state index contributed by atoms with van der Waals surface area (Å²) in [7, 11) is 0. The second-order valence-electron chi connectivity index (χ2n) is 7.29. The number of hydrogen-bond donors (Lipinski definition) is 0. The Morgan fingerprint density at radius 2 is 1.54 bits per heavy atom. The molecule has 0 spiro atoms. The van der Waals surface area contributed by atoms with Gasteiger partial charge in [0.15, 0.2) is 0 Å². The van der Waals surface area contributed by atoms with Gasteiger partial charge in [-0.2, -0.15) is 0 Å². The molecule has 2 nitrogen and oxygen atoms in total. The van der Waals surface area contributed by atoms with Gasteiger partial charge in [0.25, 0.3) is 0 Å². The van der Waals surface area contributed by atoms with Crippen LogP contribution >= 0.6 is 0 Å². The number of ether oxygens (including phenoxy) is 1. The summed E-state index contributed by atoms with van der Waals surface area (Å²) in [6.07, 6.45) is 13.1. The minimum atomic E-state index is -0.243. The van der Waals surface area contributed by atoms with Crippen LogP contribution in [0.4, 0.5) is 0 Å². The van der Waals surface area contributed by atoms with Gasteiger partial charge in [0.2, 0.25) is 0 Å². The minimum absolute atomic E-state index is 0.243. The summed E-state index contributed by atoms with van der Waals surface area (Å²) in [6, 6.07) is 0. The predicted octanol–water partition coefficient (Wildman–Crippen LogP) is 6.65. The summed E-state index contributed by atoms with van der Waals surface area (Å²) in [5, 5.41) is 0. The summed E-state index contributed by atoms with van der Waals surface area (Å²) in [6.45, 7) is 12.4. The SMILES string of the molecule is CC(=O)OC1=C(\C)CC/C=C(\C)CC/C=C(/C)CC\C(C(C)C)=C\1. The van der Waals surface area contributed by atoms with Crippen molar-refractivity contribution in [2.45, 2.75) is 80.1 Å². The van der Waals surface area contributed by atoms with E-state index in [2.05, 4.69) is 52.8 Å². The lowest BCUT2D eigenvalue weighted by Crippen LogP contribution is -2.03. The molecule has 134 valence electrons. The molecule has 0 heterocycles. The third-order valence-corrected chi connectivity index (χ3v) is 4.58. The molecule has 0 fully saturated rings. The molecular weight excluding hydrogens is 296 g/mol. The molecular formula is C22H34O2. The summed E-state index contributed by atoms with van der Waals surface area (Å²) in [5.74, 6) is 0.953. The molecule has 0 saturated heterocycles. The molecule has 0 aromatic heterocycles. The normalized spacial score (nSPS) is 28.0. The standard InChI is InChI=1S/C22H34O2/c1-16(2)21-14-13-18(4)10-7-9-17(3)11-8-12-19(5)22(15-21)24-20(6)23/h10-11,15-16H,7-9,12-14H2,1-6H3/b17-11+,18-10-,21-15-,22-19+. The Morgan fingerprint density at radius 3 is 2.12 bits per heavy atom. The topological polar surface area (TPSA) is 26.3 Å². The van der Waals surface area contributed by atoms with Gasteiger partial charge in [-0.1, -0.05) is 42.7 Å². The number of rotatable bonds is 2. The zero-order valence-corrected chi connectivity index (χ0v) is 16.4. The van der Waals surface area contributed by atoms with Crippen LogP contribution in [0.15, 0.2) is 46.3 Å². The van der Waals surface area contributed by atoms with E-state index in [4.69, 9.17) is 4.74 Å². The lowest BCUT2D eigenvalue weighted by molar-refractivity contribution is -0.136. The minimum Gasteiger partial charge on any atom is -0.427 e. The van der Waals surface area contributed by atoms with Gasteiger partial charge >= 0.3 is 5.97 Å². The molecule has 0 aromatic rings. The first-order valence-electron chi connectivity index (χ1n) is 9.19. The van der Waals surface area contributed by atoms with Crippen molar-refractivity contribution < 1.29 is 9.53 Å². The second-order valence-corrected chi connectivity index (χ2v) is 7.29. The summed E-state index contributed by atoms with van der Waals surface area (Å²) < 4.78 is 5.53. The Labute approximate surface area is 148 Å². The molecule has 0 bridgehead atoms. The molecule has 1 aliphatic carbocycles. The lowest BCUT2D eigenvalue weighted by Gasteiger charge is -2.15. The Morgan fingerprint density at radius 1 is 0.958 bits per heavy atom. The molecule has 24 heavy (non-hydrogen) atoms. The highest BCUT2D eigenvalue weighted by atomic mass is 16.5. The van der Waals surface area contributed by atoms with E-state index in [0.717, 1.165) is 49.9 Å². The molecule has 0 aromatic carbocycles. The monoisotopic (exact) mass is 330 g/mol. The third-order valence-electron chi connectivity index (χ3n) is 4.58. The zero-order chi connectivity index (χ0) is 18.1. The van der Waals surface area contributed by atoms with Crippen molar-refractivity contribution in [2.24, 2.45) is 5.92 Å². The van der Waals surface area contributed by atoms with Crippen molar-refractivity contribution in [1.29, 1.82) is 0 Å². The fraction of sp³-hybridized carbons (Fsp3) is 0.591. The highest BCUT2D eigenvalue weighted by Gasteiger charge is 2.10. The van der Waals surface area contributed by atoms with E-state index in [1.807, 2.05) is 0 Å². The van der Waals surface area contributed by atoms with Crippen LogP contribution in [-0.4, -0.2) is 5.97 Å². The van der Waals surface area contributed by atoms with Gasteiger partial charge in [0, 0.05) is 6.92 Å². The van der Waals surface area contributed by atoms with Crippen LogP contribution in [0.5, 0.6) is 0 Å². The van der Waals surface area contributed by atoms with E-state index in [1.165, 1.54) is 23.6 Å². The maximum absolute atomic E-state index is 11.5. The molecule has 1 aliphatic rings. The van der Waals surface area contributed by atoms with Crippen LogP contribution in [-0.2, 0) is 9.53 Å². The van der Waals surface area contributed by atoms with E-state index in [1.54, 1.807) is 0 Å². The molecule has 0 unspecified atom stereocenters. The van der Waals surface area contributed by atoms with E-state index < -0.39 is 0 Å². The Hall–Kier alpha value is -1.57. The largest absolute Gasteiger partial charge is 0.427 e. The molecule has 1 rings (SSSR count). The molecule has 0 N–H and O–H groups in total. The van der Waals surface area contributed by atoms with Crippen molar-refractivity contribution in [1.82, 2.24) is 0 Å². The number of hydrogen-bond acceptors (Lipinski definition) is 2. The quantitative estimate of drug-likeness (QED) is 0.418. The van der Waals surface area contributed by atoms with Crippen molar-refractivity contribution in [2.75, 3.05) is 0 Å². The smallest absolute Gasteiger partial charge is 0.308 e. The van der Waals surface area contributed by atoms with E-state index in [-0.39, 0.29) is 5.97 Å². The maximum Gasteiger partial charge on any atom is 0.308 e. The Balaban J connectivity index is 3.18. The van der Waals surface area contributed by atoms with Gasteiger partial charge in [0.05, 0.1) is 0 Å². The molecule has 0 atom stereocenters. The summed E-state index contributed by atoms with van der Waals surface area (Å²) >= 11 is 0. The highest BCUT2D eigenvalue weighted by molar-refractivity contribution is 5.68. The zero-order valence-electron chi connectivity index (χ0n) is 16.4. The Bertz CT molecular complexity index is 557. The third kappa shape index (κ3) is 7.81. The first-order valence-corrected chi connectivity index (χ1v) is 9.19. The Kier molecular flexibility index (Phi) is 8.81. The molecule has 0 aliphatic heterocycles. The number of allylic oxidation sites excluding steroid dienone is 7. The summed E-state index contributed by atoms with van der Waals surface area (Å²) in [4.78, 5) is 11.5. The van der Waals surface area contributed by atoms with Gasteiger partial charge in [-0.25, -0.2) is 0 Å². The van der Waals surface area contributed by atoms with Crippen LogP contribution < -0.4 is 0 Å². The maximum atomic E-state index is 11.5. The van der Waals surface area contributed by atoms with Gasteiger partial charge in [-0.3, -0.25) is 4.79 Å². The fourth-order valence-electron chi connectivity index (χ4n) is 2.84. The second kappa shape index (κ2) is 10.3. The van der Waals surface area contributed by atoms with Crippen LogP contribution in [0.25, 0.3) is 0 Å². The van der Waals surface area contributed by atoms with Crippen molar-refractivity contribution in [3.05, 3.63) is 46.3 Å². The molecule has 2 heteroatoms. The van der Waals surface area contributed by atoms with Gasteiger partial charge in [-0.15, -0.1) is 0 Å². The lowest BCUT2D eigenvalue weighted by atomic mass is 9.94. The van der Waals surface area contributed by atoms with Gasteiger partial charge < -0.3 is 4.74 Å². The predicted molar refractivity (Wildman–Crippen MR) is 103 cm³/mol. The van der Waals surface area contributed by atoms with E-state index in [9.17, 15) is 4.79 Å². The van der Waals surface area contributed by atoms with Crippen molar-refractivity contribution >= 4 is 5.97 Å². The first kappa shape index (κ1) is 20.5. The van der Waals surface area contributed by atoms with Crippen molar-refractivity contribution in [3.63, 3.8) is 0 Å². The number of carbonyl (C=O) groups excluding carboxylic acids is 1. The van der Waals surface area contributed by atoms with E-state index in [0.29, 0.717) is 5.92 Å².